The summed E-state index contributed by atoms with van der Waals surface area (Å²) in [5.41, 5.74) is 4.71. The number of ketones is 1. The molecule has 1 N–H and O–H groups in total. The Balaban J connectivity index is 1.58. The molecular weight excluding hydrogens is 454 g/mol. The minimum Gasteiger partial charge on any atom is -0.493 e. The number of fused-ring (bicyclic) bond motifs is 1. The molecule has 0 spiro atoms. The van der Waals surface area contributed by atoms with Crippen LogP contribution in [0, 0.1) is 0 Å². The fraction of sp³-hybridized carbons (Fsp3) is 0.393. The van der Waals surface area contributed by atoms with Crippen molar-refractivity contribution >= 4 is 17.4 Å². The Morgan fingerprint density at radius 2 is 1.83 bits per heavy atom. The van der Waals surface area contributed by atoms with Crippen LogP contribution in [-0.4, -0.2) is 47.4 Å². The van der Waals surface area contributed by atoms with Gasteiger partial charge in [0.05, 0.1) is 13.7 Å². The van der Waals surface area contributed by atoms with E-state index in [4.69, 9.17) is 19.6 Å². The second-order valence-electron chi connectivity index (χ2n) is 8.96. The van der Waals surface area contributed by atoms with E-state index in [0.29, 0.717) is 36.3 Å². The molecule has 2 heterocycles. The van der Waals surface area contributed by atoms with Gasteiger partial charge in [0.25, 0.3) is 0 Å². The van der Waals surface area contributed by atoms with Crippen molar-refractivity contribution in [2.24, 2.45) is 0 Å². The van der Waals surface area contributed by atoms with E-state index in [0.717, 1.165) is 48.3 Å². The first-order chi connectivity index (χ1) is 17.6. The van der Waals surface area contributed by atoms with Crippen molar-refractivity contribution < 1.29 is 14.3 Å². The van der Waals surface area contributed by atoms with Gasteiger partial charge in [-0.2, -0.15) is 4.98 Å². The molecule has 0 fully saturated rings. The zero-order valence-corrected chi connectivity index (χ0v) is 21.4. The molecule has 188 valence electrons. The van der Waals surface area contributed by atoms with E-state index >= 15 is 0 Å². The first-order valence-corrected chi connectivity index (χ1v) is 12.7. The molecule has 8 nitrogen and oxygen atoms in total. The van der Waals surface area contributed by atoms with Gasteiger partial charge in [-0.25, -0.2) is 4.68 Å². The van der Waals surface area contributed by atoms with E-state index in [-0.39, 0.29) is 11.8 Å². The van der Waals surface area contributed by atoms with Crippen molar-refractivity contribution in [3.05, 3.63) is 59.3 Å². The second kappa shape index (κ2) is 10.0. The maximum Gasteiger partial charge on any atom is 0.226 e. The van der Waals surface area contributed by atoms with Gasteiger partial charge in [0.1, 0.15) is 6.04 Å². The first-order valence-electron chi connectivity index (χ1n) is 12.7. The smallest absolute Gasteiger partial charge is 0.226 e. The molecule has 1 aromatic heterocycles. The highest BCUT2D eigenvalue weighted by molar-refractivity contribution is 5.99. The summed E-state index contributed by atoms with van der Waals surface area (Å²) in [6.45, 7) is 8.70. The Bertz CT molecular complexity index is 1290. The molecule has 8 heteroatoms. The van der Waals surface area contributed by atoms with Gasteiger partial charge in [0, 0.05) is 42.0 Å². The number of allylic oxidation sites excluding steroid dienone is 2. The van der Waals surface area contributed by atoms with Crippen LogP contribution in [0.5, 0.6) is 11.5 Å². The standard InChI is InChI=1S/C28H33N5O3/c1-5-32(6-2)20-14-11-18(12-15-20)27-30-28-29-21-9-8-10-22(34)25(21)26(33(28)31-27)19-13-16-23(36-7-3)24(17-19)35-4/h11-17,26H,5-10H2,1-4H3,(H,29,30,31). The lowest BCUT2D eigenvalue weighted by Gasteiger charge is -2.32. The molecule has 0 saturated carbocycles. The van der Waals surface area contributed by atoms with Crippen molar-refractivity contribution in [3.8, 4) is 22.9 Å². The molecule has 0 radical (unpaired) electrons. The average molecular weight is 488 g/mol. The van der Waals surface area contributed by atoms with E-state index < -0.39 is 0 Å². The number of carbonyl (C=O) groups excluding carboxylic acids is 1. The number of Topliss-reactive ketones (excluding diaryl/α,β-unsaturated/α-hetero) is 1. The van der Waals surface area contributed by atoms with E-state index in [1.165, 1.54) is 5.69 Å². The van der Waals surface area contributed by atoms with Gasteiger partial charge in [0.15, 0.2) is 23.1 Å². The number of anilines is 2. The molecule has 1 aliphatic carbocycles. The molecule has 36 heavy (non-hydrogen) atoms. The van der Waals surface area contributed by atoms with Gasteiger partial charge >= 0.3 is 0 Å². The minimum atomic E-state index is -0.384. The summed E-state index contributed by atoms with van der Waals surface area (Å²) in [5, 5.41) is 8.32. The highest BCUT2D eigenvalue weighted by atomic mass is 16.5. The Kier molecular flexibility index (Phi) is 6.67. The molecule has 1 aliphatic heterocycles. The molecule has 2 aromatic carbocycles. The summed E-state index contributed by atoms with van der Waals surface area (Å²) < 4.78 is 13.2. The van der Waals surface area contributed by atoms with Gasteiger partial charge in [-0.3, -0.25) is 4.79 Å². The number of carbonyl (C=O) groups is 1. The molecule has 5 rings (SSSR count). The topological polar surface area (TPSA) is 81.5 Å². The first kappa shape index (κ1) is 23.9. The number of ether oxygens (including phenoxy) is 2. The summed E-state index contributed by atoms with van der Waals surface area (Å²) in [6, 6.07) is 13.8. The molecule has 0 bridgehead atoms. The molecule has 1 unspecified atom stereocenters. The zero-order chi connectivity index (χ0) is 25.2. The van der Waals surface area contributed by atoms with E-state index in [1.54, 1.807) is 7.11 Å². The fourth-order valence-corrected chi connectivity index (χ4v) is 5.13. The predicted molar refractivity (Wildman–Crippen MR) is 141 cm³/mol. The second-order valence-corrected chi connectivity index (χ2v) is 8.96. The van der Waals surface area contributed by atoms with Gasteiger partial charge in [0.2, 0.25) is 5.95 Å². The van der Waals surface area contributed by atoms with Gasteiger partial charge in [-0.1, -0.05) is 6.07 Å². The number of methoxy groups -OCH3 is 1. The number of nitrogens with zero attached hydrogens (tertiary/aromatic N) is 4. The Morgan fingerprint density at radius 1 is 1.06 bits per heavy atom. The van der Waals surface area contributed by atoms with Gasteiger partial charge in [-0.15, -0.1) is 5.10 Å². The third kappa shape index (κ3) is 4.21. The average Bonchev–Trinajstić information content (AvgIpc) is 3.33. The van der Waals surface area contributed by atoms with Gasteiger partial charge in [-0.05, 0) is 75.6 Å². The Morgan fingerprint density at radius 3 is 2.53 bits per heavy atom. The van der Waals surface area contributed by atoms with Crippen LogP contribution >= 0.6 is 0 Å². The van der Waals surface area contributed by atoms with Crippen LogP contribution in [0.25, 0.3) is 11.4 Å². The lowest BCUT2D eigenvalue weighted by atomic mass is 9.85. The maximum absolute atomic E-state index is 13.2. The van der Waals surface area contributed by atoms with Crippen molar-refractivity contribution in [1.29, 1.82) is 0 Å². The third-order valence-corrected chi connectivity index (χ3v) is 6.93. The van der Waals surface area contributed by atoms with Crippen LogP contribution in [0.3, 0.4) is 0 Å². The zero-order valence-electron chi connectivity index (χ0n) is 21.4. The number of benzene rings is 2. The lowest BCUT2D eigenvalue weighted by Crippen LogP contribution is -2.31. The number of rotatable bonds is 8. The molecule has 0 saturated heterocycles. The maximum atomic E-state index is 13.2. The summed E-state index contributed by atoms with van der Waals surface area (Å²) >= 11 is 0. The molecular formula is C28H33N5O3. The summed E-state index contributed by atoms with van der Waals surface area (Å²) in [4.78, 5) is 20.3. The highest BCUT2D eigenvalue weighted by Gasteiger charge is 2.37. The number of hydrogen-bond donors (Lipinski definition) is 1. The quantitative estimate of drug-likeness (QED) is 0.466. The van der Waals surface area contributed by atoms with Crippen molar-refractivity contribution in [1.82, 2.24) is 14.8 Å². The van der Waals surface area contributed by atoms with Crippen LogP contribution in [0.2, 0.25) is 0 Å². The van der Waals surface area contributed by atoms with Crippen LogP contribution in [0.4, 0.5) is 11.6 Å². The number of aromatic nitrogens is 3. The molecule has 2 aliphatic rings. The SMILES string of the molecule is CCOc1ccc(C2C3=C(CCCC3=O)Nc3nc(-c4ccc(N(CC)CC)cc4)nn32)cc1OC. The molecule has 1 atom stereocenters. The predicted octanol–water partition coefficient (Wildman–Crippen LogP) is 5.22. The largest absolute Gasteiger partial charge is 0.493 e. The normalized spacial score (nSPS) is 16.8. The van der Waals surface area contributed by atoms with Crippen molar-refractivity contribution in [2.75, 3.05) is 37.0 Å². The summed E-state index contributed by atoms with van der Waals surface area (Å²) in [7, 11) is 1.63. The Hall–Kier alpha value is -3.81. The molecule has 0 amide bonds. The van der Waals surface area contributed by atoms with Crippen LogP contribution < -0.4 is 19.7 Å². The number of nitrogens with one attached hydrogen (secondary N) is 1. The third-order valence-electron chi connectivity index (χ3n) is 6.93. The fourth-order valence-electron chi connectivity index (χ4n) is 5.13. The van der Waals surface area contributed by atoms with Crippen LogP contribution in [0.15, 0.2) is 53.7 Å². The summed E-state index contributed by atoms with van der Waals surface area (Å²) in [6.07, 6.45) is 2.18. The minimum absolute atomic E-state index is 0.146. The molecule has 3 aromatic rings. The van der Waals surface area contributed by atoms with E-state index in [2.05, 4.69) is 48.3 Å². The van der Waals surface area contributed by atoms with E-state index in [1.807, 2.05) is 29.8 Å². The van der Waals surface area contributed by atoms with E-state index in [9.17, 15) is 4.79 Å². The van der Waals surface area contributed by atoms with Crippen LogP contribution in [-0.2, 0) is 4.79 Å². The van der Waals surface area contributed by atoms with Crippen molar-refractivity contribution in [2.45, 2.75) is 46.1 Å². The Labute approximate surface area is 211 Å². The van der Waals surface area contributed by atoms with Crippen LogP contribution in [0.1, 0.15) is 51.6 Å². The van der Waals surface area contributed by atoms with Gasteiger partial charge < -0.3 is 19.7 Å². The lowest BCUT2D eigenvalue weighted by molar-refractivity contribution is -0.116. The number of hydrogen-bond acceptors (Lipinski definition) is 7. The van der Waals surface area contributed by atoms with Crippen molar-refractivity contribution in [3.63, 3.8) is 0 Å². The highest BCUT2D eigenvalue weighted by Crippen LogP contribution is 2.42. The monoisotopic (exact) mass is 487 g/mol. The summed E-state index contributed by atoms with van der Waals surface area (Å²) in [5.74, 6) is 2.72.